The number of nitrogen functional groups attached to an aromatic ring is 1. The summed E-state index contributed by atoms with van der Waals surface area (Å²) in [5.41, 5.74) is 5.59. The van der Waals surface area contributed by atoms with Crippen LogP contribution in [0.5, 0.6) is 5.75 Å². The molecule has 0 aliphatic carbocycles. The largest absolute Gasteiger partial charge is 0.496 e. The minimum atomic E-state index is -0.440. The monoisotopic (exact) mass is 218 g/mol. The van der Waals surface area contributed by atoms with Gasteiger partial charge in [-0.2, -0.15) is 4.98 Å². The molecule has 0 aliphatic heterocycles. The lowest BCUT2D eigenvalue weighted by molar-refractivity contribution is 0.414. The molecule has 2 rings (SSSR count). The highest BCUT2D eigenvalue weighted by molar-refractivity contribution is 5.65. The second kappa shape index (κ2) is 4.06. The third-order valence-corrected chi connectivity index (χ3v) is 2.06. The second-order valence-electron chi connectivity index (χ2n) is 3.10. The Hall–Kier alpha value is -2.30. The molecule has 1 aromatic heterocycles. The molecule has 1 aromatic carbocycles. The van der Waals surface area contributed by atoms with Crippen LogP contribution in [0.4, 0.5) is 6.01 Å². The fourth-order valence-corrected chi connectivity index (χ4v) is 1.40. The van der Waals surface area contributed by atoms with Gasteiger partial charge in [-0.25, -0.2) is 0 Å². The average molecular weight is 218 g/mol. The molecule has 0 saturated heterocycles. The number of benzene rings is 1. The van der Waals surface area contributed by atoms with Crippen LogP contribution in [0, 0.1) is 0 Å². The molecule has 0 saturated carbocycles. The van der Waals surface area contributed by atoms with E-state index in [4.69, 9.17) is 14.9 Å². The molecule has 0 unspecified atom stereocenters. The van der Waals surface area contributed by atoms with E-state index >= 15 is 0 Å². The van der Waals surface area contributed by atoms with Gasteiger partial charge in [0.25, 0.3) is 11.6 Å². The Morgan fingerprint density at radius 2 is 2.12 bits per heavy atom. The van der Waals surface area contributed by atoms with Crippen LogP contribution in [0.15, 0.2) is 39.5 Å². The first-order valence-electron chi connectivity index (χ1n) is 4.62. The Bertz CT molecular complexity index is 563. The van der Waals surface area contributed by atoms with Crippen LogP contribution in [0.2, 0.25) is 0 Å². The average Bonchev–Trinajstić information content (AvgIpc) is 2.27. The zero-order valence-electron chi connectivity index (χ0n) is 8.64. The number of anilines is 1. The van der Waals surface area contributed by atoms with E-state index in [9.17, 15) is 4.79 Å². The van der Waals surface area contributed by atoms with Gasteiger partial charge in [0.15, 0.2) is 0 Å². The number of aromatic nitrogens is 1. The summed E-state index contributed by atoms with van der Waals surface area (Å²) in [5, 5.41) is 0. The molecule has 0 atom stereocenters. The van der Waals surface area contributed by atoms with Gasteiger partial charge in [-0.05, 0) is 12.1 Å². The van der Waals surface area contributed by atoms with E-state index in [0.29, 0.717) is 17.1 Å². The lowest BCUT2D eigenvalue weighted by atomic mass is 10.1. The Balaban J connectivity index is 2.62. The Morgan fingerprint density at radius 1 is 1.38 bits per heavy atom. The third kappa shape index (κ3) is 1.88. The summed E-state index contributed by atoms with van der Waals surface area (Å²) in [5.74, 6) is 0.950. The molecule has 1 heterocycles. The predicted octanol–water partition coefficient (Wildman–Crippen LogP) is 1.29. The van der Waals surface area contributed by atoms with Crippen molar-refractivity contribution in [2.75, 3.05) is 12.8 Å². The van der Waals surface area contributed by atoms with Gasteiger partial charge in [-0.15, -0.1) is 0 Å². The molecule has 2 aromatic rings. The quantitative estimate of drug-likeness (QED) is 0.821. The number of nitrogens with zero attached hydrogens (tertiary/aromatic N) is 1. The van der Waals surface area contributed by atoms with Crippen molar-refractivity contribution in [1.29, 1.82) is 0 Å². The minimum absolute atomic E-state index is 0.159. The number of para-hydroxylation sites is 1. The minimum Gasteiger partial charge on any atom is -0.496 e. The maximum Gasteiger partial charge on any atom is 0.295 e. The summed E-state index contributed by atoms with van der Waals surface area (Å²) in [7, 11) is 1.54. The first kappa shape index (κ1) is 10.2. The molecule has 0 spiro atoms. The van der Waals surface area contributed by atoms with Gasteiger partial charge >= 0.3 is 0 Å². The molecule has 0 fully saturated rings. The van der Waals surface area contributed by atoms with E-state index in [1.54, 1.807) is 19.2 Å². The van der Waals surface area contributed by atoms with Crippen molar-refractivity contribution in [2.45, 2.75) is 0 Å². The third-order valence-electron chi connectivity index (χ3n) is 2.06. The van der Waals surface area contributed by atoms with Gasteiger partial charge in [0.2, 0.25) is 0 Å². The van der Waals surface area contributed by atoms with Gasteiger partial charge in [-0.1, -0.05) is 12.1 Å². The molecule has 5 heteroatoms. The molecule has 16 heavy (non-hydrogen) atoms. The Labute approximate surface area is 91.5 Å². The summed E-state index contributed by atoms with van der Waals surface area (Å²) in [6, 6.07) is 8.30. The number of hydrogen-bond acceptors (Lipinski definition) is 5. The first-order chi connectivity index (χ1) is 7.70. The van der Waals surface area contributed by atoms with E-state index in [0.717, 1.165) is 0 Å². The van der Waals surface area contributed by atoms with Crippen molar-refractivity contribution < 1.29 is 9.15 Å². The van der Waals surface area contributed by atoms with Crippen molar-refractivity contribution in [3.05, 3.63) is 40.7 Å². The number of methoxy groups -OCH3 is 1. The molecule has 5 nitrogen and oxygen atoms in total. The lowest BCUT2D eigenvalue weighted by Crippen LogP contribution is -2.07. The van der Waals surface area contributed by atoms with E-state index in [1.165, 1.54) is 6.07 Å². The van der Waals surface area contributed by atoms with Crippen LogP contribution in [0.3, 0.4) is 0 Å². The van der Waals surface area contributed by atoms with Crippen LogP contribution >= 0.6 is 0 Å². The normalized spacial score (nSPS) is 10.1. The summed E-state index contributed by atoms with van der Waals surface area (Å²) in [4.78, 5) is 14.6. The van der Waals surface area contributed by atoms with Crippen molar-refractivity contribution in [1.82, 2.24) is 4.98 Å². The highest BCUT2D eigenvalue weighted by Gasteiger charge is 2.09. The van der Waals surface area contributed by atoms with Crippen molar-refractivity contribution in [2.24, 2.45) is 0 Å². The number of nitrogens with two attached hydrogens (primary N) is 1. The molecular weight excluding hydrogens is 208 g/mol. The van der Waals surface area contributed by atoms with Gasteiger partial charge in [0.1, 0.15) is 11.5 Å². The van der Waals surface area contributed by atoms with Crippen molar-refractivity contribution in [3.63, 3.8) is 0 Å². The van der Waals surface area contributed by atoms with Crippen LogP contribution < -0.4 is 16.0 Å². The van der Waals surface area contributed by atoms with Crippen LogP contribution in [0.25, 0.3) is 11.3 Å². The molecular formula is C11H10N2O3. The van der Waals surface area contributed by atoms with E-state index in [-0.39, 0.29) is 6.01 Å². The number of hydrogen-bond donors (Lipinski definition) is 1. The molecule has 0 amide bonds. The Kier molecular flexibility index (Phi) is 2.59. The van der Waals surface area contributed by atoms with E-state index in [2.05, 4.69) is 4.98 Å². The standard InChI is InChI=1S/C11H10N2O3/c1-15-8-5-3-2-4-7(8)9-6-10(14)13-11(12)16-9/h2-6H,1H3,(H2,12,13,14). The maximum absolute atomic E-state index is 11.2. The second-order valence-corrected chi connectivity index (χ2v) is 3.10. The van der Waals surface area contributed by atoms with Gasteiger partial charge < -0.3 is 14.9 Å². The molecule has 0 bridgehead atoms. The van der Waals surface area contributed by atoms with Gasteiger partial charge in [-0.3, -0.25) is 4.79 Å². The maximum atomic E-state index is 11.2. The summed E-state index contributed by atoms with van der Waals surface area (Å²) in [6.07, 6.45) is 0. The summed E-state index contributed by atoms with van der Waals surface area (Å²) < 4.78 is 10.3. The molecule has 0 aliphatic rings. The molecule has 82 valence electrons. The highest BCUT2D eigenvalue weighted by atomic mass is 16.5. The zero-order chi connectivity index (χ0) is 11.5. The first-order valence-corrected chi connectivity index (χ1v) is 4.62. The predicted molar refractivity (Wildman–Crippen MR) is 59.2 cm³/mol. The SMILES string of the molecule is COc1ccccc1-c1cc(=O)nc(N)o1. The van der Waals surface area contributed by atoms with Crippen molar-refractivity contribution >= 4 is 6.01 Å². The summed E-state index contributed by atoms with van der Waals surface area (Å²) in [6.45, 7) is 0. The van der Waals surface area contributed by atoms with Crippen LogP contribution in [0.1, 0.15) is 0 Å². The topological polar surface area (TPSA) is 78.3 Å². The van der Waals surface area contributed by atoms with Gasteiger partial charge in [0.05, 0.1) is 12.7 Å². The number of rotatable bonds is 2. The lowest BCUT2D eigenvalue weighted by Gasteiger charge is -2.06. The smallest absolute Gasteiger partial charge is 0.295 e. The summed E-state index contributed by atoms with van der Waals surface area (Å²) >= 11 is 0. The molecule has 0 radical (unpaired) electrons. The van der Waals surface area contributed by atoms with E-state index in [1.807, 2.05) is 12.1 Å². The van der Waals surface area contributed by atoms with Gasteiger partial charge in [0, 0.05) is 6.07 Å². The Morgan fingerprint density at radius 3 is 2.81 bits per heavy atom. The fraction of sp³-hybridized carbons (Fsp3) is 0.0909. The van der Waals surface area contributed by atoms with Crippen LogP contribution in [-0.4, -0.2) is 12.1 Å². The van der Waals surface area contributed by atoms with Crippen molar-refractivity contribution in [3.8, 4) is 17.1 Å². The van der Waals surface area contributed by atoms with Crippen LogP contribution in [-0.2, 0) is 0 Å². The van der Waals surface area contributed by atoms with E-state index < -0.39 is 5.56 Å². The highest BCUT2D eigenvalue weighted by Crippen LogP contribution is 2.28. The fourth-order valence-electron chi connectivity index (χ4n) is 1.40. The molecule has 2 N–H and O–H groups in total. The number of ether oxygens (including phenoxy) is 1. The zero-order valence-corrected chi connectivity index (χ0v) is 8.64.